The van der Waals surface area contributed by atoms with Crippen LogP contribution in [0, 0.1) is 12.8 Å². The molecule has 0 saturated heterocycles. The summed E-state index contributed by atoms with van der Waals surface area (Å²) < 4.78 is 16.5. The van der Waals surface area contributed by atoms with E-state index in [0.29, 0.717) is 35.2 Å². The molecule has 1 heterocycles. The number of carbonyl (C=O) groups is 2. The average Bonchev–Trinajstić information content (AvgIpc) is 2.91. The Hall–Kier alpha value is -3.68. The third kappa shape index (κ3) is 6.71. The van der Waals surface area contributed by atoms with Crippen molar-refractivity contribution in [2.75, 3.05) is 20.3 Å². The maximum atomic E-state index is 12.9. The maximum absolute atomic E-state index is 12.9. The van der Waals surface area contributed by atoms with Crippen molar-refractivity contribution in [3.05, 3.63) is 59.8 Å². The van der Waals surface area contributed by atoms with Crippen molar-refractivity contribution in [3.63, 3.8) is 0 Å². The number of hydrogen-bond donors (Lipinski definition) is 1. The Balaban J connectivity index is 1.31. The molecule has 190 valence electrons. The van der Waals surface area contributed by atoms with Gasteiger partial charge in [-0.15, -0.1) is 0 Å². The number of ether oxygens (including phenoxy) is 3. The van der Waals surface area contributed by atoms with Gasteiger partial charge in [-0.1, -0.05) is 50.3 Å². The van der Waals surface area contributed by atoms with E-state index in [-0.39, 0.29) is 19.1 Å². The number of nitrogens with one attached hydrogen (secondary N) is 1. The molecule has 1 fully saturated rings. The van der Waals surface area contributed by atoms with Crippen LogP contribution < -0.4 is 14.8 Å². The van der Waals surface area contributed by atoms with E-state index in [4.69, 9.17) is 14.2 Å². The summed E-state index contributed by atoms with van der Waals surface area (Å²) in [5, 5.41) is 2.86. The van der Waals surface area contributed by atoms with E-state index in [2.05, 4.69) is 15.3 Å². The summed E-state index contributed by atoms with van der Waals surface area (Å²) in [6, 6.07) is 13.9. The Bertz CT molecular complexity index is 1190. The lowest BCUT2D eigenvalue weighted by Gasteiger charge is -2.25. The molecule has 1 unspecified atom stereocenters. The SMILES string of the molecule is COC(=O)C(CC1CCCCC1)NC(=O)c1cccc(OCCOc2nc3ccccc3nc2C)c1. The molecule has 0 bridgehead atoms. The number of fused-ring (bicyclic) bond motifs is 1. The van der Waals surface area contributed by atoms with Crippen LogP contribution in [-0.4, -0.2) is 48.2 Å². The number of hydrogen-bond acceptors (Lipinski definition) is 7. The van der Waals surface area contributed by atoms with Crippen LogP contribution >= 0.6 is 0 Å². The van der Waals surface area contributed by atoms with E-state index >= 15 is 0 Å². The summed E-state index contributed by atoms with van der Waals surface area (Å²) >= 11 is 0. The lowest BCUT2D eigenvalue weighted by Crippen LogP contribution is -2.43. The van der Waals surface area contributed by atoms with E-state index in [0.717, 1.165) is 23.9 Å². The van der Waals surface area contributed by atoms with Gasteiger partial charge in [0.05, 0.1) is 18.1 Å². The van der Waals surface area contributed by atoms with Gasteiger partial charge in [-0.3, -0.25) is 4.79 Å². The van der Waals surface area contributed by atoms with E-state index in [9.17, 15) is 9.59 Å². The quantitative estimate of drug-likeness (QED) is 0.326. The molecule has 1 saturated carbocycles. The molecule has 2 aromatic carbocycles. The topological polar surface area (TPSA) is 99.6 Å². The van der Waals surface area contributed by atoms with Gasteiger partial charge in [0.1, 0.15) is 30.7 Å². The van der Waals surface area contributed by atoms with E-state index in [1.54, 1.807) is 24.3 Å². The number of para-hydroxylation sites is 2. The maximum Gasteiger partial charge on any atom is 0.328 e. The molecule has 1 N–H and O–H groups in total. The van der Waals surface area contributed by atoms with Gasteiger partial charge in [0.25, 0.3) is 5.91 Å². The molecule has 1 aliphatic rings. The summed E-state index contributed by atoms with van der Waals surface area (Å²) in [6.07, 6.45) is 6.34. The van der Waals surface area contributed by atoms with Crippen LogP contribution in [0.15, 0.2) is 48.5 Å². The first-order valence-corrected chi connectivity index (χ1v) is 12.5. The van der Waals surface area contributed by atoms with Gasteiger partial charge in [0, 0.05) is 5.56 Å². The highest BCUT2D eigenvalue weighted by Gasteiger charge is 2.27. The summed E-state index contributed by atoms with van der Waals surface area (Å²) in [6.45, 7) is 2.40. The highest BCUT2D eigenvalue weighted by Crippen LogP contribution is 2.28. The highest BCUT2D eigenvalue weighted by atomic mass is 16.5. The lowest BCUT2D eigenvalue weighted by atomic mass is 9.85. The fourth-order valence-electron chi connectivity index (χ4n) is 4.59. The van der Waals surface area contributed by atoms with Gasteiger partial charge in [0.15, 0.2) is 0 Å². The fourth-order valence-corrected chi connectivity index (χ4v) is 4.59. The Morgan fingerprint density at radius 2 is 1.69 bits per heavy atom. The number of amides is 1. The third-order valence-electron chi connectivity index (χ3n) is 6.47. The second-order valence-corrected chi connectivity index (χ2v) is 9.12. The summed E-state index contributed by atoms with van der Waals surface area (Å²) in [5.74, 6) is 0.691. The van der Waals surface area contributed by atoms with Gasteiger partial charge in [0.2, 0.25) is 5.88 Å². The van der Waals surface area contributed by atoms with Crippen LogP contribution in [0.4, 0.5) is 0 Å². The van der Waals surface area contributed by atoms with Gasteiger partial charge in [-0.25, -0.2) is 14.8 Å². The normalized spacial score (nSPS) is 14.7. The second-order valence-electron chi connectivity index (χ2n) is 9.12. The van der Waals surface area contributed by atoms with E-state index in [1.807, 2.05) is 31.2 Å². The van der Waals surface area contributed by atoms with Crippen molar-refractivity contribution in [3.8, 4) is 11.6 Å². The smallest absolute Gasteiger partial charge is 0.328 e. The number of benzene rings is 2. The number of rotatable bonds is 10. The van der Waals surface area contributed by atoms with E-state index < -0.39 is 12.0 Å². The molecule has 1 atom stereocenters. The largest absolute Gasteiger partial charge is 0.490 e. The second kappa shape index (κ2) is 12.3. The Labute approximate surface area is 211 Å². The molecule has 1 amide bonds. The van der Waals surface area contributed by atoms with Crippen LogP contribution in [0.3, 0.4) is 0 Å². The standard InChI is InChI=1S/C28H33N3O5/c1-19-27(31-24-14-7-6-13-23(24)29-19)36-16-15-35-22-12-8-11-21(18-22)26(32)30-25(28(33)34-2)17-20-9-4-3-5-10-20/h6-8,11-14,18,20,25H,3-5,9-10,15-17H2,1-2H3,(H,30,32). The van der Waals surface area contributed by atoms with Crippen LogP contribution in [-0.2, 0) is 9.53 Å². The van der Waals surface area contributed by atoms with Crippen molar-refractivity contribution < 1.29 is 23.8 Å². The number of methoxy groups -OCH3 is 1. The monoisotopic (exact) mass is 491 g/mol. The lowest BCUT2D eigenvalue weighted by molar-refractivity contribution is -0.143. The molecule has 0 aliphatic heterocycles. The number of nitrogens with zero attached hydrogens (tertiary/aromatic N) is 2. The first-order chi connectivity index (χ1) is 17.5. The molecule has 1 aromatic heterocycles. The van der Waals surface area contributed by atoms with Gasteiger partial charge >= 0.3 is 5.97 Å². The fraction of sp³-hybridized carbons (Fsp3) is 0.429. The molecular formula is C28H33N3O5. The average molecular weight is 492 g/mol. The molecule has 8 nitrogen and oxygen atoms in total. The molecule has 3 aromatic rings. The molecule has 1 aliphatic carbocycles. The van der Waals surface area contributed by atoms with Crippen molar-refractivity contribution in [1.29, 1.82) is 0 Å². The molecular weight excluding hydrogens is 458 g/mol. The van der Waals surface area contributed by atoms with E-state index in [1.165, 1.54) is 26.4 Å². The van der Waals surface area contributed by atoms with Crippen LogP contribution in [0.5, 0.6) is 11.6 Å². The van der Waals surface area contributed by atoms with Crippen molar-refractivity contribution in [2.45, 2.75) is 51.5 Å². The van der Waals surface area contributed by atoms with Crippen LogP contribution in [0.2, 0.25) is 0 Å². The predicted octanol–water partition coefficient (Wildman–Crippen LogP) is 4.64. The van der Waals surface area contributed by atoms with Crippen molar-refractivity contribution in [2.24, 2.45) is 5.92 Å². The minimum Gasteiger partial charge on any atom is -0.490 e. The first-order valence-electron chi connectivity index (χ1n) is 12.5. The van der Waals surface area contributed by atoms with Gasteiger partial charge in [-0.2, -0.15) is 0 Å². The number of aromatic nitrogens is 2. The van der Waals surface area contributed by atoms with Gasteiger partial charge < -0.3 is 19.5 Å². The summed E-state index contributed by atoms with van der Waals surface area (Å²) in [5.41, 5.74) is 2.72. The Kier molecular flexibility index (Phi) is 8.71. The molecule has 0 spiro atoms. The number of esters is 1. The summed E-state index contributed by atoms with van der Waals surface area (Å²) in [7, 11) is 1.35. The zero-order chi connectivity index (χ0) is 25.3. The van der Waals surface area contributed by atoms with Crippen molar-refractivity contribution >= 4 is 22.9 Å². The molecule has 36 heavy (non-hydrogen) atoms. The minimum atomic E-state index is -0.658. The highest BCUT2D eigenvalue weighted by molar-refractivity contribution is 5.97. The number of carbonyl (C=O) groups excluding carboxylic acids is 2. The Morgan fingerprint density at radius 1 is 0.972 bits per heavy atom. The third-order valence-corrected chi connectivity index (χ3v) is 6.47. The minimum absolute atomic E-state index is 0.269. The predicted molar refractivity (Wildman–Crippen MR) is 136 cm³/mol. The zero-order valence-electron chi connectivity index (χ0n) is 20.9. The first kappa shape index (κ1) is 25.4. The van der Waals surface area contributed by atoms with Crippen LogP contribution in [0.1, 0.15) is 54.6 Å². The number of aryl methyl sites for hydroxylation is 1. The molecule has 4 rings (SSSR count). The van der Waals surface area contributed by atoms with Crippen molar-refractivity contribution in [1.82, 2.24) is 15.3 Å². The van der Waals surface area contributed by atoms with Crippen LogP contribution in [0.25, 0.3) is 11.0 Å². The van der Waals surface area contributed by atoms with Gasteiger partial charge in [-0.05, 0) is 49.6 Å². The summed E-state index contributed by atoms with van der Waals surface area (Å²) in [4.78, 5) is 34.3. The zero-order valence-corrected chi connectivity index (χ0v) is 20.9. The molecule has 0 radical (unpaired) electrons. The molecule has 8 heteroatoms. The Morgan fingerprint density at radius 3 is 2.44 bits per heavy atom.